The topological polar surface area (TPSA) is 43.4 Å². The van der Waals surface area contributed by atoms with Gasteiger partial charge in [0.25, 0.3) is 0 Å². The van der Waals surface area contributed by atoms with Gasteiger partial charge in [-0.15, -0.1) is 7.02 Å². The molecule has 12 heteroatoms. The Morgan fingerprint density at radius 2 is 1.04 bits per heavy atom. The summed E-state index contributed by atoms with van der Waals surface area (Å²) in [6.07, 6.45) is 0. The largest absolute Gasteiger partial charge is 0.522 e. The summed E-state index contributed by atoms with van der Waals surface area (Å²) in [6.45, 7) is 26.8. The van der Waals surface area contributed by atoms with Gasteiger partial charge < -0.3 is 3.87 Å². The summed E-state index contributed by atoms with van der Waals surface area (Å²) in [4.78, 5) is 0. The van der Waals surface area contributed by atoms with Gasteiger partial charge >= 0.3 is 15.6 Å². The second-order valence-electron chi connectivity index (χ2n) is 9.94. The standard InChI is InChI=1S/C10H27PSi2.C4H9F3O3SSi.CH4.H3P/c1-10(2,3)11(12(4,5)6)13(7,8)9;1-12(2,3)10-11(8,9)4(5,6)7;;/h1-9H3;1-3H3;1H4;1H3. The third-order valence-corrected chi connectivity index (χ3v) is 34.3. The average molecular weight is 507 g/mol. The van der Waals surface area contributed by atoms with Crippen molar-refractivity contribution in [3.05, 3.63) is 0 Å². The molecule has 0 saturated carbocycles. The fourth-order valence-electron chi connectivity index (χ4n) is 3.40. The molecule has 0 saturated heterocycles. The average Bonchev–Trinajstić information content (AvgIpc) is 2.01. The number of hydrogen-bond donors (Lipinski definition) is 0. The van der Waals surface area contributed by atoms with Crippen LogP contribution in [0, 0.1) is 0 Å². The Hall–Kier alpha value is 1.21. The fraction of sp³-hybridized carbons (Fsp3) is 1.00. The number of hydrogen-bond acceptors (Lipinski definition) is 3. The van der Waals surface area contributed by atoms with E-state index >= 15 is 0 Å². The molecule has 0 N–H and O–H groups in total. The van der Waals surface area contributed by atoms with Gasteiger partial charge in [-0.1, -0.05) is 67.5 Å². The maximum absolute atomic E-state index is 11.7. The SMILES string of the molecule is C.CC(C)(C)P([Si](C)(C)C)[Si](C)(C)C.C[Si](C)(C)OS(=O)(=O)C(F)(F)F.P. The normalized spacial score (nSPS) is 13.9. The zero-order valence-corrected chi connectivity index (χ0v) is 24.5. The summed E-state index contributed by atoms with van der Waals surface area (Å²) in [5, 5.41) is 0.574. The zero-order valence-electron chi connectivity index (χ0n) is 18.4. The van der Waals surface area contributed by atoms with Crippen LogP contribution in [0.2, 0.25) is 58.9 Å². The highest BCUT2D eigenvalue weighted by Crippen LogP contribution is 2.63. The lowest BCUT2D eigenvalue weighted by molar-refractivity contribution is -0.0503. The van der Waals surface area contributed by atoms with Crippen LogP contribution in [0.4, 0.5) is 13.2 Å². The molecule has 170 valence electrons. The van der Waals surface area contributed by atoms with E-state index in [0.29, 0.717) is 12.2 Å². The molecule has 0 fully saturated rings. The van der Waals surface area contributed by atoms with Crippen LogP contribution in [0.1, 0.15) is 28.2 Å². The Morgan fingerprint density at radius 3 is 1.07 bits per heavy atom. The van der Waals surface area contributed by atoms with Gasteiger partial charge in [0.15, 0.2) is 0 Å². The van der Waals surface area contributed by atoms with Crippen molar-refractivity contribution >= 4 is 50.8 Å². The van der Waals surface area contributed by atoms with Crippen molar-refractivity contribution in [2.45, 2.75) is 97.8 Å². The van der Waals surface area contributed by atoms with Crippen molar-refractivity contribution in [1.29, 1.82) is 0 Å². The number of alkyl halides is 3. The van der Waals surface area contributed by atoms with E-state index in [1.54, 1.807) is 0 Å². The Morgan fingerprint density at radius 1 is 0.778 bits per heavy atom. The second kappa shape index (κ2) is 11.0. The van der Waals surface area contributed by atoms with E-state index in [2.05, 4.69) is 63.9 Å². The van der Waals surface area contributed by atoms with Gasteiger partial charge in [0, 0.05) is 0 Å². The predicted molar refractivity (Wildman–Crippen MR) is 131 cm³/mol. The van der Waals surface area contributed by atoms with E-state index in [0.717, 1.165) is 0 Å². The molecule has 0 aromatic heterocycles. The van der Waals surface area contributed by atoms with E-state index in [1.807, 2.05) is 0 Å². The lowest BCUT2D eigenvalue weighted by Crippen LogP contribution is -2.40. The molecule has 1 atom stereocenters. The van der Waals surface area contributed by atoms with E-state index in [1.165, 1.54) is 19.6 Å². The second-order valence-corrected chi connectivity index (χ2v) is 39.0. The highest BCUT2D eigenvalue weighted by atomic mass is 32.2. The fourth-order valence-corrected chi connectivity index (χ4v) is 48.7. The third kappa shape index (κ3) is 14.8. The maximum atomic E-state index is 11.7. The van der Waals surface area contributed by atoms with E-state index in [-0.39, 0.29) is 17.3 Å². The van der Waals surface area contributed by atoms with Crippen molar-refractivity contribution in [3.63, 3.8) is 0 Å². The maximum Gasteiger partial charge on any atom is 0.522 e. The van der Waals surface area contributed by atoms with Crippen LogP contribution in [0.15, 0.2) is 0 Å². The summed E-state index contributed by atoms with van der Waals surface area (Å²) in [5.74, 6) is 0. The van der Waals surface area contributed by atoms with Crippen LogP contribution in [-0.2, 0) is 14.0 Å². The molecule has 1 unspecified atom stereocenters. The molecule has 0 aromatic carbocycles. The number of halogens is 3. The Kier molecular flexibility index (Phi) is 14.5. The van der Waals surface area contributed by atoms with Crippen molar-refractivity contribution in [2.24, 2.45) is 0 Å². The monoisotopic (exact) mass is 506 g/mol. The minimum Gasteiger partial charge on any atom is -0.309 e. The van der Waals surface area contributed by atoms with Gasteiger partial charge in [0.05, 0.1) is 15.5 Å². The molecule has 0 aromatic rings. The van der Waals surface area contributed by atoms with E-state index in [4.69, 9.17) is 0 Å². The van der Waals surface area contributed by atoms with Crippen LogP contribution >= 0.6 is 16.9 Å². The molecule has 0 bridgehead atoms. The number of rotatable bonds is 4. The minimum absolute atomic E-state index is 0. The van der Waals surface area contributed by atoms with Crippen LogP contribution in [0.25, 0.3) is 0 Å². The summed E-state index contributed by atoms with van der Waals surface area (Å²) in [5.41, 5.74) is -5.31. The third-order valence-electron chi connectivity index (χ3n) is 2.66. The van der Waals surface area contributed by atoms with Gasteiger partial charge in [0.1, 0.15) is 0 Å². The zero-order chi connectivity index (χ0) is 21.3. The molecular weight excluding hydrogens is 463 g/mol. The highest BCUT2D eigenvalue weighted by molar-refractivity contribution is 8.19. The van der Waals surface area contributed by atoms with Crippen molar-refractivity contribution in [1.82, 2.24) is 0 Å². The Bertz CT molecular complexity index is 497. The summed E-state index contributed by atoms with van der Waals surface area (Å²) < 4.78 is 59.7. The molecular formula is C15H43F3O3P2SSi3. The van der Waals surface area contributed by atoms with Gasteiger partial charge in [-0.05, 0) is 24.8 Å². The molecule has 0 rings (SSSR count). The summed E-state index contributed by atoms with van der Waals surface area (Å²) in [7, 11) is -9.67. The molecule has 0 amide bonds. The van der Waals surface area contributed by atoms with Gasteiger partial charge in [-0.2, -0.15) is 31.5 Å². The van der Waals surface area contributed by atoms with Crippen LogP contribution in [0.5, 0.6) is 0 Å². The lowest BCUT2D eigenvalue weighted by atomic mass is 10.3. The molecule has 0 radical (unpaired) electrons. The molecule has 0 aliphatic rings. The minimum atomic E-state index is -5.39. The first-order valence-corrected chi connectivity index (χ1v) is 23.0. The Balaban J connectivity index is -0.000000183. The first kappa shape index (κ1) is 35.6. The van der Waals surface area contributed by atoms with Crippen molar-refractivity contribution < 1.29 is 25.5 Å². The molecule has 0 aliphatic carbocycles. The van der Waals surface area contributed by atoms with Gasteiger partial charge in [-0.3, -0.25) is 0 Å². The Labute approximate surface area is 174 Å². The van der Waals surface area contributed by atoms with Crippen molar-refractivity contribution in [3.8, 4) is 0 Å². The van der Waals surface area contributed by atoms with Crippen molar-refractivity contribution in [2.75, 3.05) is 0 Å². The van der Waals surface area contributed by atoms with Crippen LogP contribution in [-0.4, -0.2) is 42.9 Å². The smallest absolute Gasteiger partial charge is 0.309 e. The van der Waals surface area contributed by atoms with Gasteiger partial charge in [-0.25, -0.2) is 0 Å². The summed E-state index contributed by atoms with van der Waals surface area (Å²) in [6, 6.07) is 0. The molecule has 0 aliphatic heterocycles. The van der Waals surface area contributed by atoms with Gasteiger partial charge in [0.2, 0.25) is 8.32 Å². The van der Waals surface area contributed by atoms with E-state index in [9.17, 15) is 21.6 Å². The summed E-state index contributed by atoms with van der Waals surface area (Å²) >= 11 is 0. The quantitative estimate of drug-likeness (QED) is 0.228. The molecule has 0 heterocycles. The van der Waals surface area contributed by atoms with E-state index < -0.39 is 39.4 Å². The first-order chi connectivity index (χ1) is 10.3. The molecule has 27 heavy (non-hydrogen) atoms. The first-order valence-electron chi connectivity index (χ1n) is 8.15. The lowest BCUT2D eigenvalue weighted by Gasteiger charge is -2.48. The highest BCUT2D eigenvalue weighted by Gasteiger charge is 2.49. The van der Waals surface area contributed by atoms with Crippen LogP contribution < -0.4 is 0 Å². The molecule has 0 spiro atoms. The molecule has 3 nitrogen and oxygen atoms in total. The predicted octanol–water partition coefficient (Wildman–Crippen LogP) is 7.32. The van der Waals surface area contributed by atoms with Crippen LogP contribution in [0.3, 0.4) is 0 Å².